The summed E-state index contributed by atoms with van der Waals surface area (Å²) in [5.41, 5.74) is 6.02. The van der Waals surface area contributed by atoms with Gasteiger partial charge >= 0.3 is 6.18 Å². The van der Waals surface area contributed by atoms with Crippen molar-refractivity contribution in [2.75, 3.05) is 0 Å². The lowest BCUT2D eigenvalue weighted by atomic mass is 10.0. The first-order valence-electron chi connectivity index (χ1n) is 4.40. The highest BCUT2D eigenvalue weighted by atomic mass is 32.1. The largest absolute Gasteiger partial charge is 0.425 e. The molecule has 1 aromatic rings. The second kappa shape index (κ2) is 3.24. The second-order valence-corrected chi connectivity index (χ2v) is 4.48. The van der Waals surface area contributed by atoms with Gasteiger partial charge in [-0.05, 0) is 35.8 Å². The van der Waals surface area contributed by atoms with E-state index < -0.39 is 17.1 Å². The van der Waals surface area contributed by atoms with Gasteiger partial charge in [-0.3, -0.25) is 0 Å². The van der Waals surface area contributed by atoms with Gasteiger partial charge in [0.1, 0.15) is 4.88 Å². The molecule has 1 fully saturated rings. The lowest BCUT2D eigenvalue weighted by Gasteiger charge is -2.13. The Balaban J connectivity index is 2.28. The van der Waals surface area contributed by atoms with Gasteiger partial charge in [-0.25, -0.2) is 0 Å². The summed E-state index contributed by atoms with van der Waals surface area (Å²) in [6, 6.07) is 1.06. The Morgan fingerprint density at radius 2 is 2.07 bits per heavy atom. The van der Waals surface area contributed by atoms with Crippen LogP contribution in [0.5, 0.6) is 0 Å². The van der Waals surface area contributed by atoms with Crippen LogP contribution in [0.25, 0.3) is 0 Å². The van der Waals surface area contributed by atoms with Gasteiger partial charge in [-0.1, -0.05) is 0 Å². The zero-order valence-corrected chi connectivity index (χ0v) is 8.16. The number of alkyl halides is 3. The van der Waals surface area contributed by atoms with E-state index in [2.05, 4.69) is 0 Å². The number of thiophene rings is 1. The molecule has 1 nitrogen and oxygen atoms in total. The molecule has 1 aliphatic rings. The van der Waals surface area contributed by atoms with Crippen LogP contribution in [0.1, 0.15) is 29.3 Å². The molecule has 0 amide bonds. The van der Waals surface area contributed by atoms with E-state index in [0.29, 0.717) is 0 Å². The Labute approximate surface area is 83.7 Å². The van der Waals surface area contributed by atoms with Crippen LogP contribution in [0, 0.1) is 5.92 Å². The summed E-state index contributed by atoms with van der Waals surface area (Å²) in [5, 5.41) is 1.46. The van der Waals surface area contributed by atoms with E-state index in [4.69, 9.17) is 5.73 Å². The van der Waals surface area contributed by atoms with E-state index in [1.165, 1.54) is 11.4 Å². The third-order valence-corrected chi connectivity index (χ3v) is 3.42. The smallest absolute Gasteiger partial charge is 0.324 e. The molecule has 2 N–H and O–H groups in total. The van der Waals surface area contributed by atoms with Crippen LogP contribution in [-0.4, -0.2) is 0 Å². The van der Waals surface area contributed by atoms with Gasteiger partial charge < -0.3 is 5.73 Å². The summed E-state index contributed by atoms with van der Waals surface area (Å²) in [6.07, 6.45) is -2.35. The van der Waals surface area contributed by atoms with Crippen LogP contribution in [0.2, 0.25) is 0 Å². The first-order valence-corrected chi connectivity index (χ1v) is 5.28. The highest BCUT2D eigenvalue weighted by Gasteiger charge is 2.39. The average molecular weight is 221 g/mol. The number of hydrogen-bond acceptors (Lipinski definition) is 2. The van der Waals surface area contributed by atoms with Crippen molar-refractivity contribution < 1.29 is 13.2 Å². The number of rotatable bonds is 2. The predicted molar refractivity (Wildman–Crippen MR) is 49.0 cm³/mol. The van der Waals surface area contributed by atoms with Crippen LogP contribution in [0.3, 0.4) is 0 Å². The van der Waals surface area contributed by atoms with Crippen molar-refractivity contribution in [1.82, 2.24) is 0 Å². The van der Waals surface area contributed by atoms with Gasteiger partial charge in [0.25, 0.3) is 0 Å². The zero-order valence-electron chi connectivity index (χ0n) is 7.34. The van der Waals surface area contributed by atoms with Crippen LogP contribution in [0.4, 0.5) is 13.2 Å². The molecule has 1 aromatic heterocycles. The molecule has 0 saturated heterocycles. The van der Waals surface area contributed by atoms with Crippen molar-refractivity contribution in [2.24, 2.45) is 11.7 Å². The topological polar surface area (TPSA) is 26.0 Å². The highest BCUT2D eigenvalue weighted by Crippen LogP contribution is 2.45. The standard InChI is InChI=1S/C9H10F3NS/c10-9(11,12)8-6(3-4-14-8)7(13)5-1-2-5/h3-5,7H,1-2,13H2/t7-/m0/s1. The molecule has 0 bridgehead atoms. The van der Waals surface area contributed by atoms with Gasteiger partial charge in [0.15, 0.2) is 0 Å². The van der Waals surface area contributed by atoms with Gasteiger partial charge in [0.2, 0.25) is 0 Å². The summed E-state index contributed by atoms with van der Waals surface area (Å²) in [4.78, 5) is -0.531. The van der Waals surface area contributed by atoms with Gasteiger partial charge in [0, 0.05) is 6.04 Å². The molecule has 14 heavy (non-hydrogen) atoms. The van der Waals surface area contributed by atoms with Gasteiger partial charge in [-0.15, -0.1) is 11.3 Å². The number of hydrogen-bond donors (Lipinski definition) is 1. The Morgan fingerprint density at radius 1 is 1.43 bits per heavy atom. The molecule has 2 rings (SSSR count). The Morgan fingerprint density at radius 3 is 2.57 bits per heavy atom. The minimum Gasteiger partial charge on any atom is -0.324 e. The highest BCUT2D eigenvalue weighted by molar-refractivity contribution is 7.10. The van der Waals surface area contributed by atoms with E-state index in [1.54, 1.807) is 0 Å². The predicted octanol–water partition coefficient (Wildman–Crippen LogP) is 3.18. The van der Waals surface area contributed by atoms with Crippen LogP contribution in [0.15, 0.2) is 11.4 Å². The monoisotopic (exact) mass is 221 g/mol. The minimum atomic E-state index is -4.25. The quantitative estimate of drug-likeness (QED) is 0.815. The summed E-state index contributed by atoms with van der Waals surface area (Å²) < 4.78 is 37.4. The van der Waals surface area contributed by atoms with Crippen molar-refractivity contribution in [1.29, 1.82) is 0 Å². The third kappa shape index (κ3) is 1.79. The summed E-state index contributed by atoms with van der Waals surface area (Å²) in [5.74, 6) is 0.255. The minimum absolute atomic E-state index is 0.255. The molecular formula is C9H10F3NS. The molecule has 5 heteroatoms. The van der Waals surface area contributed by atoms with Gasteiger partial charge in [0.05, 0.1) is 0 Å². The van der Waals surface area contributed by atoms with E-state index >= 15 is 0 Å². The lowest BCUT2D eigenvalue weighted by Crippen LogP contribution is -2.16. The molecule has 0 unspecified atom stereocenters. The van der Waals surface area contributed by atoms with Crippen molar-refractivity contribution in [3.05, 3.63) is 21.9 Å². The summed E-state index contributed by atoms with van der Waals surface area (Å²) in [6.45, 7) is 0. The maximum Gasteiger partial charge on any atom is 0.425 e. The number of nitrogens with two attached hydrogens (primary N) is 1. The zero-order chi connectivity index (χ0) is 10.3. The fraction of sp³-hybridized carbons (Fsp3) is 0.556. The van der Waals surface area contributed by atoms with E-state index in [9.17, 15) is 13.2 Å². The Kier molecular flexibility index (Phi) is 2.31. The molecule has 1 aliphatic carbocycles. The average Bonchev–Trinajstić information content (AvgIpc) is 2.78. The van der Waals surface area contributed by atoms with Crippen molar-refractivity contribution in [3.8, 4) is 0 Å². The molecule has 0 aliphatic heterocycles. The van der Waals surface area contributed by atoms with Crippen LogP contribution < -0.4 is 5.73 Å². The Bertz CT molecular complexity index is 327. The van der Waals surface area contributed by atoms with Crippen LogP contribution in [-0.2, 0) is 6.18 Å². The Hall–Kier alpha value is -0.550. The van der Waals surface area contributed by atoms with Gasteiger partial charge in [-0.2, -0.15) is 13.2 Å². The fourth-order valence-corrected chi connectivity index (χ4v) is 2.35. The van der Waals surface area contributed by atoms with Crippen molar-refractivity contribution >= 4 is 11.3 Å². The normalized spacial score (nSPS) is 19.7. The first kappa shape index (κ1) is 9.98. The van der Waals surface area contributed by atoms with E-state index in [-0.39, 0.29) is 11.5 Å². The summed E-state index contributed by atoms with van der Waals surface area (Å²) in [7, 11) is 0. The molecule has 1 atom stereocenters. The third-order valence-electron chi connectivity index (χ3n) is 2.44. The van der Waals surface area contributed by atoms with E-state index in [1.807, 2.05) is 0 Å². The first-order chi connectivity index (χ1) is 6.50. The molecule has 0 aromatic carbocycles. The molecule has 0 spiro atoms. The fourth-order valence-electron chi connectivity index (χ4n) is 1.52. The molecule has 78 valence electrons. The van der Waals surface area contributed by atoms with Crippen LogP contribution >= 0.6 is 11.3 Å². The SMILES string of the molecule is N[C@H](c1ccsc1C(F)(F)F)C1CC1. The van der Waals surface area contributed by atoms with Crippen molar-refractivity contribution in [3.63, 3.8) is 0 Å². The maximum absolute atomic E-state index is 12.5. The molecule has 1 saturated carbocycles. The second-order valence-electron chi connectivity index (χ2n) is 3.57. The van der Waals surface area contributed by atoms with E-state index in [0.717, 1.165) is 24.2 Å². The number of halogens is 3. The van der Waals surface area contributed by atoms with Crippen molar-refractivity contribution in [2.45, 2.75) is 25.1 Å². The molecular weight excluding hydrogens is 211 g/mol. The lowest BCUT2D eigenvalue weighted by molar-refractivity contribution is -0.135. The summed E-state index contributed by atoms with van der Waals surface area (Å²) >= 11 is 0.725. The molecule has 0 radical (unpaired) electrons. The molecule has 1 heterocycles. The maximum atomic E-state index is 12.5.